The molecule has 4 aromatic heterocycles. The molecular weight excluding hydrogens is 615 g/mol. The SMILES string of the molecule is c1ccc(-c2cc(-c3cccc(-c4ccncc4)c3)nc(-c3ccc(-c4cccc5oc6ccccc6c45)c4c3oc3ccccc34)n2)cc1. The van der Waals surface area contributed by atoms with E-state index in [9.17, 15) is 0 Å². The summed E-state index contributed by atoms with van der Waals surface area (Å²) in [7, 11) is 0. The Morgan fingerprint density at radius 3 is 1.80 bits per heavy atom. The number of aromatic nitrogens is 3. The van der Waals surface area contributed by atoms with Crippen molar-refractivity contribution in [1.29, 1.82) is 0 Å². The van der Waals surface area contributed by atoms with Gasteiger partial charge in [-0.3, -0.25) is 4.98 Å². The Morgan fingerprint density at radius 2 is 0.980 bits per heavy atom. The molecule has 4 heterocycles. The lowest BCUT2D eigenvalue weighted by Crippen LogP contribution is -1.97. The lowest BCUT2D eigenvalue weighted by molar-refractivity contribution is 0.668. The Hall–Kier alpha value is -6.85. The van der Waals surface area contributed by atoms with Crippen molar-refractivity contribution >= 4 is 43.9 Å². The molecule has 0 saturated carbocycles. The van der Waals surface area contributed by atoms with E-state index < -0.39 is 0 Å². The number of hydrogen-bond donors (Lipinski definition) is 0. The molecule has 0 fully saturated rings. The van der Waals surface area contributed by atoms with Crippen molar-refractivity contribution in [2.75, 3.05) is 0 Å². The first-order chi connectivity index (χ1) is 24.8. The van der Waals surface area contributed by atoms with Crippen LogP contribution >= 0.6 is 0 Å². The zero-order valence-corrected chi connectivity index (χ0v) is 26.7. The summed E-state index contributed by atoms with van der Waals surface area (Å²) in [5, 5.41) is 4.22. The second-order valence-electron chi connectivity index (χ2n) is 12.4. The maximum Gasteiger partial charge on any atom is 0.164 e. The smallest absolute Gasteiger partial charge is 0.164 e. The molecule has 5 nitrogen and oxygen atoms in total. The molecule has 10 aromatic rings. The Morgan fingerprint density at radius 1 is 0.380 bits per heavy atom. The van der Waals surface area contributed by atoms with Crippen LogP contribution < -0.4 is 0 Å². The van der Waals surface area contributed by atoms with E-state index in [-0.39, 0.29) is 0 Å². The van der Waals surface area contributed by atoms with Crippen molar-refractivity contribution in [3.8, 4) is 56.2 Å². The Bertz CT molecular complexity index is 2870. The van der Waals surface area contributed by atoms with E-state index in [1.807, 2.05) is 73.1 Å². The minimum Gasteiger partial charge on any atom is -0.456 e. The first-order valence-electron chi connectivity index (χ1n) is 16.6. The van der Waals surface area contributed by atoms with Gasteiger partial charge in [0.05, 0.1) is 17.0 Å². The van der Waals surface area contributed by atoms with Crippen LogP contribution in [0.25, 0.3) is 100 Å². The Labute approximate surface area is 287 Å². The van der Waals surface area contributed by atoms with Gasteiger partial charge in [0.15, 0.2) is 5.82 Å². The highest BCUT2D eigenvalue weighted by Gasteiger charge is 2.22. The molecule has 0 aliphatic carbocycles. The fourth-order valence-electron chi connectivity index (χ4n) is 7.10. The monoisotopic (exact) mass is 641 g/mol. The van der Waals surface area contributed by atoms with Crippen molar-refractivity contribution in [1.82, 2.24) is 15.0 Å². The van der Waals surface area contributed by atoms with Gasteiger partial charge in [-0.1, -0.05) is 103 Å². The number of furan rings is 2. The van der Waals surface area contributed by atoms with Crippen LogP contribution in [0.4, 0.5) is 0 Å². The van der Waals surface area contributed by atoms with Crippen LogP contribution in [0.3, 0.4) is 0 Å². The van der Waals surface area contributed by atoms with Gasteiger partial charge < -0.3 is 8.83 Å². The van der Waals surface area contributed by atoms with Crippen LogP contribution in [-0.4, -0.2) is 15.0 Å². The third kappa shape index (κ3) is 4.60. The van der Waals surface area contributed by atoms with E-state index in [0.29, 0.717) is 5.82 Å². The van der Waals surface area contributed by atoms with Crippen molar-refractivity contribution < 1.29 is 8.83 Å². The fourth-order valence-corrected chi connectivity index (χ4v) is 7.10. The van der Waals surface area contributed by atoms with Crippen LogP contribution in [0, 0.1) is 0 Å². The normalized spacial score (nSPS) is 11.6. The average Bonchev–Trinajstić information content (AvgIpc) is 3.77. The Kier molecular flexibility index (Phi) is 6.42. The molecule has 6 aromatic carbocycles. The zero-order valence-electron chi connectivity index (χ0n) is 26.7. The second kappa shape index (κ2) is 11.4. The van der Waals surface area contributed by atoms with E-state index in [1.54, 1.807) is 0 Å². The molecule has 0 aliphatic rings. The van der Waals surface area contributed by atoms with E-state index in [0.717, 1.165) is 94.2 Å². The summed E-state index contributed by atoms with van der Waals surface area (Å²) >= 11 is 0. The Balaban J connectivity index is 1.23. The summed E-state index contributed by atoms with van der Waals surface area (Å²) in [4.78, 5) is 14.6. The van der Waals surface area contributed by atoms with Gasteiger partial charge in [0, 0.05) is 45.1 Å². The summed E-state index contributed by atoms with van der Waals surface area (Å²) in [5.41, 5.74) is 12.1. The lowest BCUT2D eigenvalue weighted by atomic mass is 9.93. The van der Waals surface area contributed by atoms with Gasteiger partial charge >= 0.3 is 0 Å². The molecule has 10 rings (SSSR count). The van der Waals surface area contributed by atoms with Gasteiger partial charge in [-0.2, -0.15) is 0 Å². The molecule has 0 saturated heterocycles. The van der Waals surface area contributed by atoms with Crippen LogP contribution in [0.15, 0.2) is 173 Å². The standard InChI is InChI=1S/C45H27N3O2/c1-2-10-29(11-3-1)37-27-38(31-13-8-12-30(26-31)28-22-24-46-25-23-28)48-45(47-37)36-21-20-33(43-35-15-5-7-18-40(35)50-44(36)43)32-16-9-19-41-42(32)34-14-4-6-17-39(34)49-41/h1-27H. The molecule has 0 amide bonds. The summed E-state index contributed by atoms with van der Waals surface area (Å²) in [5.74, 6) is 0.596. The topological polar surface area (TPSA) is 65.0 Å². The molecule has 234 valence electrons. The highest BCUT2D eigenvalue weighted by molar-refractivity contribution is 6.21. The number of rotatable bonds is 5. The van der Waals surface area contributed by atoms with Gasteiger partial charge in [-0.05, 0) is 70.8 Å². The van der Waals surface area contributed by atoms with Crippen molar-refractivity contribution in [3.05, 3.63) is 164 Å². The summed E-state index contributed by atoms with van der Waals surface area (Å²) in [6.07, 6.45) is 3.63. The van der Waals surface area contributed by atoms with E-state index in [4.69, 9.17) is 18.8 Å². The van der Waals surface area contributed by atoms with Gasteiger partial charge in [-0.15, -0.1) is 0 Å². The van der Waals surface area contributed by atoms with Crippen molar-refractivity contribution in [2.45, 2.75) is 0 Å². The fraction of sp³-hybridized carbons (Fsp3) is 0. The number of para-hydroxylation sites is 2. The molecule has 5 heteroatoms. The molecule has 0 N–H and O–H groups in total. The minimum absolute atomic E-state index is 0.596. The lowest BCUT2D eigenvalue weighted by Gasteiger charge is -2.12. The number of fused-ring (bicyclic) bond motifs is 6. The van der Waals surface area contributed by atoms with Gasteiger partial charge in [-0.25, -0.2) is 9.97 Å². The third-order valence-electron chi connectivity index (χ3n) is 9.43. The second-order valence-corrected chi connectivity index (χ2v) is 12.4. The summed E-state index contributed by atoms with van der Waals surface area (Å²) < 4.78 is 13.0. The summed E-state index contributed by atoms with van der Waals surface area (Å²) in [6.45, 7) is 0. The molecule has 50 heavy (non-hydrogen) atoms. The van der Waals surface area contributed by atoms with Crippen molar-refractivity contribution in [2.24, 2.45) is 0 Å². The number of pyridine rings is 1. The van der Waals surface area contributed by atoms with Gasteiger partial charge in [0.25, 0.3) is 0 Å². The van der Waals surface area contributed by atoms with E-state index >= 15 is 0 Å². The van der Waals surface area contributed by atoms with Crippen LogP contribution in [0.1, 0.15) is 0 Å². The maximum atomic E-state index is 6.74. The predicted octanol–water partition coefficient (Wildman–Crippen LogP) is 12.0. The molecule has 0 aliphatic heterocycles. The highest BCUT2D eigenvalue weighted by atomic mass is 16.3. The first kappa shape index (κ1) is 28.2. The zero-order chi connectivity index (χ0) is 33.0. The third-order valence-corrected chi connectivity index (χ3v) is 9.43. The van der Waals surface area contributed by atoms with Crippen LogP contribution in [0.5, 0.6) is 0 Å². The molecule has 0 radical (unpaired) electrons. The van der Waals surface area contributed by atoms with E-state index in [2.05, 4.69) is 96.0 Å². The van der Waals surface area contributed by atoms with E-state index in [1.165, 1.54) is 0 Å². The molecular formula is C45H27N3O2. The van der Waals surface area contributed by atoms with Crippen LogP contribution in [0.2, 0.25) is 0 Å². The van der Waals surface area contributed by atoms with Crippen LogP contribution in [-0.2, 0) is 0 Å². The first-order valence-corrected chi connectivity index (χ1v) is 16.6. The summed E-state index contributed by atoms with van der Waals surface area (Å²) in [6, 6.07) is 51.8. The van der Waals surface area contributed by atoms with Crippen molar-refractivity contribution in [3.63, 3.8) is 0 Å². The number of hydrogen-bond acceptors (Lipinski definition) is 5. The number of nitrogens with zero attached hydrogens (tertiary/aromatic N) is 3. The predicted molar refractivity (Wildman–Crippen MR) is 202 cm³/mol. The largest absolute Gasteiger partial charge is 0.456 e. The maximum absolute atomic E-state index is 6.74. The average molecular weight is 642 g/mol. The number of benzene rings is 6. The molecule has 0 unspecified atom stereocenters. The molecule has 0 bridgehead atoms. The van der Waals surface area contributed by atoms with Gasteiger partial charge in [0.1, 0.15) is 22.3 Å². The molecule has 0 spiro atoms. The molecule has 0 atom stereocenters. The van der Waals surface area contributed by atoms with Gasteiger partial charge in [0.2, 0.25) is 0 Å². The highest BCUT2D eigenvalue weighted by Crippen LogP contribution is 2.45. The minimum atomic E-state index is 0.596. The quantitative estimate of drug-likeness (QED) is 0.187.